The van der Waals surface area contributed by atoms with Gasteiger partial charge in [0.15, 0.2) is 0 Å². The van der Waals surface area contributed by atoms with Gasteiger partial charge in [-0.25, -0.2) is 4.98 Å². The summed E-state index contributed by atoms with van der Waals surface area (Å²) in [5, 5.41) is 6.59. The van der Waals surface area contributed by atoms with Gasteiger partial charge in [0, 0.05) is 38.9 Å². The zero-order chi connectivity index (χ0) is 29.3. The van der Waals surface area contributed by atoms with E-state index in [9.17, 15) is 18.0 Å². The van der Waals surface area contributed by atoms with Crippen LogP contribution in [0.3, 0.4) is 0 Å². The molecule has 0 spiro atoms. The summed E-state index contributed by atoms with van der Waals surface area (Å²) in [4.78, 5) is 24.4. The van der Waals surface area contributed by atoms with Crippen molar-refractivity contribution in [1.82, 2.24) is 25.1 Å². The second-order valence-electron chi connectivity index (χ2n) is 10.6. The molecule has 2 aliphatic rings. The first-order valence-corrected chi connectivity index (χ1v) is 13.4. The number of likely N-dealkylation sites (tertiary alicyclic amines) is 1. The SMILES string of the molecule is COc1cc(CN[C@@H]2CCCN(C)C2)c(C)cc1Nc1ncc(C(F)(F)F)c(Oc2cccc3c2C(=O)N(C)C3)n1. The van der Waals surface area contributed by atoms with E-state index < -0.39 is 17.6 Å². The molecular formula is C29H33F3N6O3. The minimum atomic E-state index is -4.78. The molecule has 41 heavy (non-hydrogen) atoms. The van der Waals surface area contributed by atoms with Crippen molar-refractivity contribution in [2.45, 2.75) is 45.1 Å². The fraction of sp³-hybridized carbons (Fsp3) is 0.414. The van der Waals surface area contributed by atoms with Gasteiger partial charge in [-0.1, -0.05) is 12.1 Å². The fourth-order valence-corrected chi connectivity index (χ4v) is 5.25. The number of anilines is 2. The van der Waals surface area contributed by atoms with Crippen molar-refractivity contribution >= 4 is 17.5 Å². The number of alkyl halides is 3. The molecule has 2 N–H and O–H groups in total. The van der Waals surface area contributed by atoms with Gasteiger partial charge in [0.1, 0.15) is 17.1 Å². The zero-order valence-electron chi connectivity index (χ0n) is 23.4. The molecule has 1 saturated heterocycles. The molecule has 0 aliphatic carbocycles. The highest BCUT2D eigenvalue weighted by Crippen LogP contribution is 2.40. The Morgan fingerprint density at radius 3 is 2.71 bits per heavy atom. The number of piperidine rings is 1. The van der Waals surface area contributed by atoms with E-state index >= 15 is 0 Å². The van der Waals surface area contributed by atoms with Crippen LogP contribution in [0.1, 0.15) is 45.5 Å². The van der Waals surface area contributed by atoms with Crippen molar-refractivity contribution in [3.05, 3.63) is 64.3 Å². The highest BCUT2D eigenvalue weighted by Gasteiger charge is 2.37. The summed E-state index contributed by atoms with van der Waals surface area (Å²) in [6.07, 6.45) is -1.84. The smallest absolute Gasteiger partial charge is 0.423 e. The monoisotopic (exact) mass is 570 g/mol. The molecule has 0 radical (unpaired) electrons. The number of hydrogen-bond acceptors (Lipinski definition) is 8. The first-order valence-electron chi connectivity index (χ1n) is 13.4. The van der Waals surface area contributed by atoms with Crippen molar-refractivity contribution in [2.24, 2.45) is 0 Å². The summed E-state index contributed by atoms with van der Waals surface area (Å²) in [5.74, 6) is -0.658. The molecule has 1 aromatic heterocycles. The summed E-state index contributed by atoms with van der Waals surface area (Å²) in [6, 6.07) is 8.97. The Balaban J connectivity index is 1.40. The minimum Gasteiger partial charge on any atom is -0.495 e. The van der Waals surface area contributed by atoms with E-state index in [2.05, 4.69) is 32.5 Å². The molecular weight excluding hydrogens is 537 g/mol. The largest absolute Gasteiger partial charge is 0.495 e. The maximum atomic E-state index is 13.9. The van der Waals surface area contributed by atoms with Crippen molar-refractivity contribution in [3.8, 4) is 17.4 Å². The van der Waals surface area contributed by atoms with E-state index in [0.29, 0.717) is 42.3 Å². The lowest BCUT2D eigenvalue weighted by molar-refractivity contribution is -0.139. The Morgan fingerprint density at radius 1 is 1.17 bits per heavy atom. The van der Waals surface area contributed by atoms with Crippen molar-refractivity contribution < 1.29 is 27.4 Å². The van der Waals surface area contributed by atoms with E-state index in [-0.39, 0.29) is 23.2 Å². The van der Waals surface area contributed by atoms with Crippen LogP contribution in [0.2, 0.25) is 0 Å². The Morgan fingerprint density at radius 2 is 1.98 bits per heavy atom. The van der Waals surface area contributed by atoms with Gasteiger partial charge < -0.3 is 29.9 Å². The number of nitrogens with zero attached hydrogens (tertiary/aromatic N) is 4. The van der Waals surface area contributed by atoms with Crippen molar-refractivity contribution in [1.29, 1.82) is 0 Å². The molecule has 5 rings (SSSR count). The molecule has 0 bridgehead atoms. The maximum absolute atomic E-state index is 13.9. The van der Waals surface area contributed by atoms with Crippen molar-refractivity contribution in [3.63, 3.8) is 0 Å². The Kier molecular flexibility index (Phi) is 8.05. The van der Waals surface area contributed by atoms with E-state index in [1.165, 1.54) is 18.1 Å². The molecule has 1 fully saturated rings. The number of rotatable bonds is 8. The van der Waals surface area contributed by atoms with Crippen LogP contribution >= 0.6 is 0 Å². The number of likely N-dealkylation sites (N-methyl/N-ethyl adjacent to an activating group) is 1. The van der Waals surface area contributed by atoms with Crippen LogP contribution in [0.5, 0.6) is 17.4 Å². The highest BCUT2D eigenvalue weighted by molar-refractivity contribution is 6.00. The van der Waals surface area contributed by atoms with Crippen molar-refractivity contribution in [2.75, 3.05) is 39.6 Å². The summed E-state index contributed by atoms with van der Waals surface area (Å²) in [5.41, 5.74) is 2.24. The standard InChI is InChI=1S/C29H33F3N6O3/c1-17-11-22(24(40-4)12-19(17)13-33-20-8-6-10-37(2)16-20)35-28-34-14-21(29(30,31)32)26(36-28)41-23-9-5-7-18-15-38(3)27(39)25(18)23/h5,7,9,11-12,14,20,33H,6,8,10,13,15-16H2,1-4H3,(H,34,35,36)/t20-/m1/s1. The van der Waals surface area contributed by atoms with Gasteiger partial charge in [-0.2, -0.15) is 18.2 Å². The molecule has 12 heteroatoms. The molecule has 0 saturated carbocycles. The lowest BCUT2D eigenvalue weighted by Gasteiger charge is -2.30. The first kappa shape index (κ1) is 28.6. The molecule has 0 unspecified atom stereocenters. The topological polar surface area (TPSA) is 91.8 Å². The fourth-order valence-electron chi connectivity index (χ4n) is 5.25. The Hall–Kier alpha value is -3.90. The predicted octanol–water partition coefficient (Wildman–Crippen LogP) is 5.12. The van der Waals surface area contributed by atoms with Crippen LogP contribution < -0.4 is 20.1 Å². The van der Waals surface area contributed by atoms with Gasteiger partial charge in [0.2, 0.25) is 11.8 Å². The highest BCUT2D eigenvalue weighted by atomic mass is 19.4. The number of halogens is 3. The second-order valence-corrected chi connectivity index (χ2v) is 10.6. The van der Waals surface area contributed by atoms with Crippen LogP contribution in [0, 0.1) is 6.92 Å². The quantitative estimate of drug-likeness (QED) is 0.386. The normalized spacial score (nSPS) is 17.5. The molecule has 2 aromatic carbocycles. The van der Waals surface area contributed by atoms with Gasteiger partial charge in [-0.05, 0) is 68.2 Å². The lowest BCUT2D eigenvalue weighted by atomic mass is 10.0. The number of aromatic nitrogens is 2. The molecule has 1 amide bonds. The summed E-state index contributed by atoms with van der Waals surface area (Å²) in [7, 11) is 5.26. The van der Waals surface area contributed by atoms with Crippen LogP contribution in [0.4, 0.5) is 24.8 Å². The average Bonchev–Trinajstić information content (AvgIpc) is 3.21. The number of fused-ring (bicyclic) bond motifs is 1. The summed E-state index contributed by atoms with van der Waals surface area (Å²) >= 11 is 0. The van der Waals surface area contributed by atoms with Crippen LogP contribution in [0.25, 0.3) is 0 Å². The number of carbonyl (C=O) groups excluding carboxylic acids is 1. The van der Waals surface area contributed by atoms with Crippen LogP contribution in [0.15, 0.2) is 36.5 Å². The van der Waals surface area contributed by atoms with E-state index in [1.807, 2.05) is 19.1 Å². The molecule has 3 heterocycles. The molecule has 218 valence electrons. The van der Waals surface area contributed by atoms with Crippen LogP contribution in [-0.4, -0.2) is 66.0 Å². The van der Waals surface area contributed by atoms with Crippen LogP contribution in [-0.2, 0) is 19.3 Å². The van der Waals surface area contributed by atoms with E-state index in [4.69, 9.17) is 9.47 Å². The number of benzene rings is 2. The minimum absolute atomic E-state index is 0.00133. The third-order valence-corrected chi connectivity index (χ3v) is 7.46. The number of amides is 1. The second kappa shape index (κ2) is 11.5. The van der Waals surface area contributed by atoms with Gasteiger partial charge in [-0.15, -0.1) is 0 Å². The zero-order valence-corrected chi connectivity index (χ0v) is 23.4. The lowest BCUT2D eigenvalue weighted by Crippen LogP contribution is -2.43. The molecule has 3 aromatic rings. The number of nitrogens with one attached hydrogen (secondary N) is 2. The predicted molar refractivity (Wildman–Crippen MR) is 148 cm³/mol. The van der Waals surface area contributed by atoms with Gasteiger partial charge in [0.25, 0.3) is 5.91 Å². The third kappa shape index (κ3) is 6.23. The van der Waals surface area contributed by atoms with E-state index in [1.54, 1.807) is 19.2 Å². The number of methoxy groups -OCH3 is 1. The average molecular weight is 571 g/mol. The third-order valence-electron chi connectivity index (χ3n) is 7.46. The van der Waals surface area contributed by atoms with E-state index in [0.717, 1.165) is 37.1 Å². The number of hydrogen-bond donors (Lipinski definition) is 2. The molecule has 9 nitrogen and oxygen atoms in total. The Labute approximate surface area is 236 Å². The first-order chi connectivity index (χ1) is 19.5. The number of carbonyl (C=O) groups is 1. The van der Waals surface area contributed by atoms with Gasteiger partial charge in [-0.3, -0.25) is 4.79 Å². The maximum Gasteiger partial charge on any atom is 0.423 e. The molecule has 2 aliphatic heterocycles. The number of aryl methyl sites for hydroxylation is 1. The van der Waals surface area contributed by atoms with Gasteiger partial charge >= 0.3 is 6.18 Å². The summed E-state index contributed by atoms with van der Waals surface area (Å²) < 4.78 is 52.9. The Bertz CT molecular complexity index is 1450. The van der Waals surface area contributed by atoms with Gasteiger partial charge in [0.05, 0.1) is 18.4 Å². The number of ether oxygens (including phenoxy) is 2. The molecule has 1 atom stereocenters. The summed E-state index contributed by atoms with van der Waals surface area (Å²) in [6.45, 7) is 5.05.